The zero-order valence-electron chi connectivity index (χ0n) is 12.4. The molecule has 0 saturated carbocycles. The van der Waals surface area contributed by atoms with E-state index in [1.807, 2.05) is 23.9 Å². The summed E-state index contributed by atoms with van der Waals surface area (Å²) in [6, 6.07) is 5.98. The molecule has 0 atom stereocenters. The van der Waals surface area contributed by atoms with Crippen molar-refractivity contribution in [2.24, 2.45) is 10.9 Å². The Morgan fingerprint density at radius 2 is 2.25 bits per heavy atom. The standard InChI is InChI=1S/C15H23N3OS/c1-11-8-12(14(16)17-19)4-5-13(11)9-18-6-7-20-15(2,3)10-18/h4-5,8,19H,6-7,9-10H2,1-3H3,(H2,16,17). The van der Waals surface area contributed by atoms with Gasteiger partial charge in [-0.05, 0) is 38.0 Å². The van der Waals surface area contributed by atoms with Crippen LogP contribution >= 0.6 is 11.8 Å². The highest BCUT2D eigenvalue weighted by Gasteiger charge is 2.27. The monoisotopic (exact) mass is 293 g/mol. The molecule has 0 aliphatic carbocycles. The predicted octanol–water partition coefficient (Wildman–Crippen LogP) is 2.42. The van der Waals surface area contributed by atoms with Gasteiger partial charge in [0.25, 0.3) is 0 Å². The molecule has 3 N–H and O–H groups in total. The van der Waals surface area contributed by atoms with Crippen LogP contribution in [0.4, 0.5) is 0 Å². The maximum atomic E-state index is 8.72. The average Bonchev–Trinajstić information content (AvgIpc) is 2.39. The number of rotatable bonds is 3. The lowest BCUT2D eigenvalue weighted by Crippen LogP contribution is -2.42. The minimum absolute atomic E-state index is 0.162. The molecule has 0 amide bonds. The van der Waals surface area contributed by atoms with Crippen LogP contribution in [0.2, 0.25) is 0 Å². The zero-order valence-corrected chi connectivity index (χ0v) is 13.2. The van der Waals surface area contributed by atoms with Gasteiger partial charge < -0.3 is 10.9 Å². The molecule has 0 spiro atoms. The second kappa shape index (κ2) is 6.06. The third-order valence-corrected chi connectivity index (χ3v) is 4.94. The van der Waals surface area contributed by atoms with Crippen molar-refractivity contribution >= 4 is 17.6 Å². The Labute approximate surface area is 125 Å². The minimum Gasteiger partial charge on any atom is -0.409 e. The largest absolute Gasteiger partial charge is 0.409 e. The number of benzene rings is 1. The number of hydrogen-bond acceptors (Lipinski definition) is 4. The predicted molar refractivity (Wildman–Crippen MR) is 85.5 cm³/mol. The zero-order chi connectivity index (χ0) is 14.8. The molecule has 20 heavy (non-hydrogen) atoms. The second-order valence-corrected chi connectivity index (χ2v) is 7.75. The summed E-state index contributed by atoms with van der Waals surface area (Å²) in [6.07, 6.45) is 0. The molecule has 0 unspecified atom stereocenters. The van der Waals surface area contributed by atoms with Gasteiger partial charge in [-0.1, -0.05) is 17.3 Å². The Balaban J connectivity index is 2.10. The molecule has 1 aliphatic rings. The number of nitrogens with zero attached hydrogens (tertiary/aromatic N) is 2. The van der Waals surface area contributed by atoms with E-state index in [4.69, 9.17) is 10.9 Å². The Morgan fingerprint density at radius 1 is 1.50 bits per heavy atom. The molecule has 1 aliphatic heterocycles. The van der Waals surface area contributed by atoms with Crippen molar-refractivity contribution in [2.75, 3.05) is 18.8 Å². The van der Waals surface area contributed by atoms with E-state index in [1.54, 1.807) is 0 Å². The lowest BCUT2D eigenvalue weighted by molar-refractivity contribution is 0.252. The van der Waals surface area contributed by atoms with E-state index in [1.165, 1.54) is 16.9 Å². The molecular weight excluding hydrogens is 270 g/mol. The van der Waals surface area contributed by atoms with Crippen LogP contribution in [0.3, 0.4) is 0 Å². The van der Waals surface area contributed by atoms with E-state index in [0.29, 0.717) is 4.75 Å². The lowest BCUT2D eigenvalue weighted by Gasteiger charge is -2.37. The molecule has 2 rings (SSSR count). The van der Waals surface area contributed by atoms with Crippen LogP contribution in [0.5, 0.6) is 0 Å². The van der Waals surface area contributed by atoms with Crippen molar-refractivity contribution in [3.63, 3.8) is 0 Å². The molecule has 1 heterocycles. The summed E-state index contributed by atoms with van der Waals surface area (Å²) in [5.74, 6) is 1.35. The summed E-state index contributed by atoms with van der Waals surface area (Å²) in [7, 11) is 0. The highest BCUT2D eigenvalue weighted by atomic mass is 32.2. The van der Waals surface area contributed by atoms with Crippen LogP contribution in [-0.4, -0.2) is 39.5 Å². The van der Waals surface area contributed by atoms with E-state index < -0.39 is 0 Å². The summed E-state index contributed by atoms with van der Waals surface area (Å²) in [5, 5.41) is 11.8. The van der Waals surface area contributed by atoms with Crippen LogP contribution in [0.25, 0.3) is 0 Å². The van der Waals surface area contributed by atoms with Gasteiger partial charge in [0.1, 0.15) is 0 Å². The van der Waals surface area contributed by atoms with Crippen LogP contribution in [0.15, 0.2) is 23.4 Å². The van der Waals surface area contributed by atoms with Gasteiger partial charge in [0, 0.05) is 35.7 Å². The first-order valence-corrected chi connectivity index (χ1v) is 7.83. The Bertz CT molecular complexity index is 514. The molecule has 4 nitrogen and oxygen atoms in total. The van der Waals surface area contributed by atoms with Gasteiger partial charge in [0.15, 0.2) is 5.84 Å². The van der Waals surface area contributed by atoms with Gasteiger partial charge in [-0.15, -0.1) is 0 Å². The van der Waals surface area contributed by atoms with Crippen molar-refractivity contribution < 1.29 is 5.21 Å². The quantitative estimate of drug-likeness (QED) is 0.389. The number of aryl methyl sites for hydroxylation is 1. The van der Waals surface area contributed by atoms with Crippen LogP contribution in [0.1, 0.15) is 30.5 Å². The van der Waals surface area contributed by atoms with Crippen molar-refractivity contribution in [3.8, 4) is 0 Å². The fourth-order valence-corrected chi connectivity index (χ4v) is 3.76. The van der Waals surface area contributed by atoms with Crippen molar-refractivity contribution in [2.45, 2.75) is 32.1 Å². The number of hydrogen-bond donors (Lipinski definition) is 2. The number of thioether (sulfide) groups is 1. The molecule has 1 fully saturated rings. The molecule has 0 radical (unpaired) electrons. The maximum absolute atomic E-state index is 8.72. The van der Waals surface area contributed by atoms with Gasteiger partial charge >= 0.3 is 0 Å². The molecule has 0 bridgehead atoms. The van der Waals surface area contributed by atoms with Crippen molar-refractivity contribution in [3.05, 3.63) is 34.9 Å². The Kier molecular flexibility index (Phi) is 4.60. The summed E-state index contributed by atoms with van der Waals surface area (Å²) >= 11 is 2.05. The first-order chi connectivity index (χ1) is 9.41. The van der Waals surface area contributed by atoms with E-state index in [2.05, 4.69) is 36.9 Å². The summed E-state index contributed by atoms with van der Waals surface area (Å²) in [4.78, 5) is 2.50. The maximum Gasteiger partial charge on any atom is 0.170 e. The number of nitrogens with two attached hydrogens (primary N) is 1. The topological polar surface area (TPSA) is 61.9 Å². The smallest absolute Gasteiger partial charge is 0.170 e. The van der Waals surface area contributed by atoms with Crippen LogP contribution in [0, 0.1) is 6.92 Å². The summed E-state index contributed by atoms with van der Waals surface area (Å²) in [5.41, 5.74) is 8.88. The fourth-order valence-electron chi connectivity index (χ4n) is 2.58. The average molecular weight is 293 g/mol. The molecule has 110 valence electrons. The van der Waals surface area contributed by atoms with Gasteiger partial charge in [0.2, 0.25) is 0 Å². The van der Waals surface area contributed by atoms with E-state index in [0.717, 1.165) is 25.2 Å². The van der Waals surface area contributed by atoms with Gasteiger partial charge in [-0.3, -0.25) is 4.90 Å². The Hall–Kier alpha value is -1.20. The normalized spacial score (nSPS) is 20.1. The highest BCUT2D eigenvalue weighted by Crippen LogP contribution is 2.30. The molecule has 1 aromatic rings. The third kappa shape index (κ3) is 3.67. The molecule has 0 aromatic heterocycles. The van der Waals surface area contributed by atoms with Crippen molar-refractivity contribution in [1.82, 2.24) is 4.90 Å². The van der Waals surface area contributed by atoms with E-state index >= 15 is 0 Å². The first kappa shape index (κ1) is 15.2. The Morgan fingerprint density at radius 3 is 2.85 bits per heavy atom. The van der Waals surface area contributed by atoms with Gasteiger partial charge in [-0.2, -0.15) is 11.8 Å². The second-order valence-electron chi connectivity index (χ2n) is 5.95. The van der Waals surface area contributed by atoms with Gasteiger partial charge in [-0.25, -0.2) is 0 Å². The first-order valence-electron chi connectivity index (χ1n) is 6.85. The fraction of sp³-hybridized carbons (Fsp3) is 0.533. The third-order valence-electron chi connectivity index (χ3n) is 3.64. The van der Waals surface area contributed by atoms with E-state index in [9.17, 15) is 0 Å². The van der Waals surface area contributed by atoms with Gasteiger partial charge in [0.05, 0.1) is 0 Å². The minimum atomic E-state index is 0.162. The highest BCUT2D eigenvalue weighted by molar-refractivity contribution is 8.00. The van der Waals surface area contributed by atoms with Crippen molar-refractivity contribution in [1.29, 1.82) is 0 Å². The lowest BCUT2D eigenvalue weighted by atomic mass is 10.0. The van der Waals surface area contributed by atoms with Crippen LogP contribution in [-0.2, 0) is 6.54 Å². The SMILES string of the molecule is Cc1cc(/C(N)=N/O)ccc1CN1CCSC(C)(C)C1. The number of oxime groups is 1. The summed E-state index contributed by atoms with van der Waals surface area (Å²) < 4.78 is 0.333. The molecule has 5 heteroatoms. The summed E-state index contributed by atoms with van der Waals surface area (Å²) in [6.45, 7) is 9.89. The molecular formula is C15H23N3OS. The number of amidine groups is 1. The molecule has 1 aromatic carbocycles. The molecule has 1 saturated heterocycles. The van der Waals surface area contributed by atoms with Crippen LogP contribution < -0.4 is 5.73 Å². The van der Waals surface area contributed by atoms with E-state index in [-0.39, 0.29) is 5.84 Å².